The Balaban J connectivity index is 2.21. The Hall–Kier alpha value is -1.79. The molecule has 1 heterocycles. The van der Waals surface area contributed by atoms with E-state index in [1.54, 1.807) is 12.4 Å². The number of anilines is 1. The van der Waals surface area contributed by atoms with Gasteiger partial charge in [-0.15, -0.1) is 0 Å². The molecule has 2 aromatic rings. The Morgan fingerprint density at radius 2 is 1.90 bits per heavy atom. The first-order chi connectivity index (χ1) is 9.97. The number of benzene rings is 1. The Morgan fingerprint density at radius 3 is 2.52 bits per heavy atom. The molecule has 0 saturated carbocycles. The number of rotatable bonds is 3. The molecule has 110 valence electrons. The van der Waals surface area contributed by atoms with Crippen LogP contribution in [0.5, 0.6) is 11.5 Å². The monoisotopic (exact) mass is 319 g/mol. The van der Waals surface area contributed by atoms with Gasteiger partial charge in [0.15, 0.2) is 5.75 Å². The highest BCUT2D eigenvalue weighted by atomic mass is 32.2. The quantitative estimate of drug-likeness (QED) is 0.687. The second kappa shape index (κ2) is 6.78. The van der Waals surface area contributed by atoms with Gasteiger partial charge in [0.25, 0.3) is 0 Å². The standard InChI is InChI=1S/C15H17N3OS2/c1-10-4-6-11(7-5-10)19-12-8-17-9-13(14(12)16)21-15(20)18(2)3/h4-9H,1-3H3,(H2,16,17). The predicted octanol–water partition coefficient (Wildman–Crippen LogP) is 3.70. The van der Waals surface area contributed by atoms with Crippen molar-refractivity contribution >= 4 is 34.0 Å². The van der Waals surface area contributed by atoms with Crippen LogP contribution in [0.1, 0.15) is 5.56 Å². The van der Waals surface area contributed by atoms with Gasteiger partial charge in [-0.1, -0.05) is 41.7 Å². The van der Waals surface area contributed by atoms with Crippen molar-refractivity contribution < 1.29 is 4.74 Å². The van der Waals surface area contributed by atoms with Crippen LogP contribution in [0.25, 0.3) is 0 Å². The van der Waals surface area contributed by atoms with Gasteiger partial charge in [-0.2, -0.15) is 0 Å². The molecule has 1 aromatic heterocycles. The number of thioether (sulfide) groups is 1. The summed E-state index contributed by atoms with van der Waals surface area (Å²) in [5.41, 5.74) is 7.86. The number of ether oxygens (including phenoxy) is 1. The number of hydrogen-bond donors (Lipinski definition) is 1. The molecular weight excluding hydrogens is 302 g/mol. The van der Waals surface area contributed by atoms with E-state index in [4.69, 9.17) is 22.7 Å². The number of hydrogen-bond acceptors (Lipinski definition) is 5. The molecule has 0 unspecified atom stereocenters. The molecule has 21 heavy (non-hydrogen) atoms. The summed E-state index contributed by atoms with van der Waals surface area (Å²) in [6, 6.07) is 7.77. The molecule has 0 bridgehead atoms. The molecule has 0 saturated heterocycles. The van der Waals surface area contributed by atoms with E-state index in [0.29, 0.717) is 11.4 Å². The van der Waals surface area contributed by atoms with Gasteiger partial charge in [-0.3, -0.25) is 4.98 Å². The molecule has 0 radical (unpaired) electrons. The number of aryl methyl sites for hydroxylation is 1. The summed E-state index contributed by atoms with van der Waals surface area (Å²) in [5.74, 6) is 1.26. The third-order valence-corrected chi connectivity index (χ3v) is 4.43. The molecule has 4 nitrogen and oxygen atoms in total. The van der Waals surface area contributed by atoms with Crippen LogP contribution in [-0.2, 0) is 0 Å². The summed E-state index contributed by atoms with van der Waals surface area (Å²) >= 11 is 6.67. The van der Waals surface area contributed by atoms with Crippen molar-refractivity contribution in [1.82, 2.24) is 9.88 Å². The molecule has 0 aliphatic rings. The van der Waals surface area contributed by atoms with Gasteiger partial charge in [0.05, 0.1) is 16.8 Å². The van der Waals surface area contributed by atoms with Crippen LogP contribution >= 0.6 is 24.0 Å². The van der Waals surface area contributed by atoms with Crippen molar-refractivity contribution in [3.63, 3.8) is 0 Å². The molecule has 0 atom stereocenters. The van der Waals surface area contributed by atoms with Gasteiger partial charge in [0.2, 0.25) is 0 Å². The first-order valence-electron chi connectivity index (χ1n) is 6.34. The lowest BCUT2D eigenvalue weighted by molar-refractivity contribution is 0.481. The van der Waals surface area contributed by atoms with Crippen LogP contribution in [-0.4, -0.2) is 28.3 Å². The average molecular weight is 319 g/mol. The normalized spacial score (nSPS) is 10.2. The van der Waals surface area contributed by atoms with Crippen LogP contribution in [0.15, 0.2) is 41.6 Å². The molecule has 0 fully saturated rings. The lowest BCUT2D eigenvalue weighted by atomic mass is 10.2. The van der Waals surface area contributed by atoms with Crippen LogP contribution in [0.3, 0.4) is 0 Å². The third kappa shape index (κ3) is 4.09. The summed E-state index contributed by atoms with van der Waals surface area (Å²) in [7, 11) is 3.79. The van der Waals surface area contributed by atoms with E-state index >= 15 is 0 Å². The van der Waals surface area contributed by atoms with Crippen molar-refractivity contribution in [2.75, 3.05) is 19.8 Å². The third-order valence-electron chi connectivity index (χ3n) is 2.73. The van der Waals surface area contributed by atoms with E-state index in [0.717, 1.165) is 15.0 Å². The van der Waals surface area contributed by atoms with Gasteiger partial charge in [-0.25, -0.2) is 0 Å². The van der Waals surface area contributed by atoms with Crippen LogP contribution in [0, 0.1) is 6.92 Å². The van der Waals surface area contributed by atoms with Crippen LogP contribution < -0.4 is 10.5 Å². The molecule has 1 aromatic carbocycles. The van der Waals surface area contributed by atoms with E-state index < -0.39 is 0 Å². The molecular formula is C15H17N3OS2. The number of aromatic nitrogens is 1. The fourth-order valence-corrected chi connectivity index (χ4v) is 2.48. The summed E-state index contributed by atoms with van der Waals surface area (Å²) in [5, 5.41) is 0. The van der Waals surface area contributed by atoms with E-state index in [1.807, 2.05) is 50.2 Å². The first-order valence-corrected chi connectivity index (χ1v) is 7.57. The summed E-state index contributed by atoms with van der Waals surface area (Å²) < 4.78 is 6.51. The molecule has 6 heteroatoms. The molecule has 0 aliphatic carbocycles. The average Bonchev–Trinajstić information content (AvgIpc) is 2.45. The highest BCUT2D eigenvalue weighted by Crippen LogP contribution is 2.35. The predicted molar refractivity (Wildman–Crippen MR) is 92.0 cm³/mol. The van der Waals surface area contributed by atoms with Crippen molar-refractivity contribution in [2.24, 2.45) is 0 Å². The number of nitrogens with two attached hydrogens (primary N) is 1. The zero-order valence-electron chi connectivity index (χ0n) is 12.2. The fraction of sp³-hybridized carbons (Fsp3) is 0.200. The maximum atomic E-state index is 6.15. The first kappa shape index (κ1) is 15.6. The highest BCUT2D eigenvalue weighted by molar-refractivity contribution is 8.23. The lowest BCUT2D eigenvalue weighted by Crippen LogP contribution is -2.16. The minimum absolute atomic E-state index is 0.533. The molecule has 2 N–H and O–H groups in total. The van der Waals surface area contributed by atoms with Crippen LogP contribution in [0.4, 0.5) is 5.69 Å². The molecule has 0 aliphatic heterocycles. The Kier molecular flexibility index (Phi) is 5.03. The SMILES string of the molecule is Cc1ccc(Oc2cncc(SC(=S)N(C)C)c2N)cc1. The Labute approximate surface area is 134 Å². The molecule has 0 amide bonds. The topological polar surface area (TPSA) is 51.4 Å². The van der Waals surface area contributed by atoms with Crippen molar-refractivity contribution in [3.8, 4) is 11.5 Å². The second-order valence-electron chi connectivity index (χ2n) is 4.73. The minimum atomic E-state index is 0.533. The largest absolute Gasteiger partial charge is 0.454 e. The summed E-state index contributed by atoms with van der Waals surface area (Å²) in [4.78, 5) is 6.81. The van der Waals surface area contributed by atoms with Gasteiger partial charge in [0.1, 0.15) is 10.1 Å². The number of pyridine rings is 1. The summed E-state index contributed by atoms with van der Waals surface area (Å²) in [6.45, 7) is 2.03. The molecule has 0 spiro atoms. The highest BCUT2D eigenvalue weighted by Gasteiger charge is 2.11. The minimum Gasteiger partial charge on any atom is -0.454 e. The van der Waals surface area contributed by atoms with Crippen LogP contribution in [0.2, 0.25) is 0 Å². The van der Waals surface area contributed by atoms with Gasteiger partial charge in [0, 0.05) is 20.3 Å². The van der Waals surface area contributed by atoms with E-state index in [-0.39, 0.29) is 0 Å². The zero-order chi connectivity index (χ0) is 15.4. The maximum Gasteiger partial charge on any atom is 0.169 e. The number of thiocarbonyl (C=S) groups is 1. The van der Waals surface area contributed by atoms with E-state index in [9.17, 15) is 0 Å². The van der Waals surface area contributed by atoms with Crippen molar-refractivity contribution in [3.05, 3.63) is 42.2 Å². The van der Waals surface area contributed by atoms with Gasteiger partial charge < -0.3 is 15.4 Å². The van der Waals surface area contributed by atoms with E-state index in [2.05, 4.69) is 4.98 Å². The van der Waals surface area contributed by atoms with Gasteiger partial charge >= 0.3 is 0 Å². The Bertz CT molecular complexity index is 642. The Morgan fingerprint density at radius 1 is 1.24 bits per heavy atom. The van der Waals surface area contributed by atoms with Gasteiger partial charge in [-0.05, 0) is 19.1 Å². The second-order valence-corrected chi connectivity index (χ2v) is 6.40. The lowest BCUT2D eigenvalue weighted by Gasteiger charge is -2.15. The van der Waals surface area contributed by atoms with Crippen molar-refractivity contribution in [1.29, 1.82) is 0 Å². The smallest absolute Gasteiger partial charge is 0.169 e. The summed E-state index contributed by atoms with van der Waals surface area (Å²) in [6.07, 6.45) is 3.30. The maximum absolute atomic E-state index is 6.15. The zero-order valence-corrected chi connectivity index (χ0v) is 13.8. The number of nitrogens with zero attached hydrogens (tertiary/aromatic N) is 2. The van der Waals surface area contributed by atoms with Crippen molar-refractivity contribution in [2.45, 2.75) is 11.8 Å². The van der Waals surface area contributed by atoms with E-state index in [1.165, 1.54) is 17.3 Å². The fourth-order valence-electron chi connectivity index (χ4n) is 1.51. The molecule has 2 rings (SSSR count). The number of nitrogen functional groups attached to an aromatic ring is 1.